The molecule has 0 aliphatic carbocycles. The lowest BCUT2D eigenvalue weighted by molar-refractivity contribution is -0.140. The zero-order valence-electron chi connectivity index (χ0n) is 20.8. The Morgan fingerprint density at radius 1 is 1.06 bits per heavy atom. The fraction of sp³-hybridized carbons (Fsp3) is 0.400. The second kappa shape index (κ2) is 11.0. The van der Waals surface area contributed by atoms with E-state index in [0.29, 0.717) is 11.1 Å². The molecule has 2 amide bonds. The van der Waals surface area contributed by atoms with Gasteiger partial charge in [-0.3, -0.25) is 18.7 Å². The largest absolute Gasteiger partial charge is 0.350 e. The third kappa shape index (κ3) is 8.17. The van der Waals surface area contributed by atoms with Gasteiger partial charge in [0.1, 0.15) is 18.4 Å². The molecule has 1 atom stereocenters. The van der Waals surface area contributed by atoms with Crippen LogP contribution in [-0.4, -0.2) is 55.3 Å². The van der Waals surface area contributed by atoms with E-state index in [1.807, 2.05) is 0 Å². The van der Waals surface area contributed by atoms with Crippen LogP contribution in [0, 0.1) is 5.82 Å². The molecule has 35 heavy (non-hydrogen) atoms. The first-order valence-corrected chi connectivity index (χ1v) is 12.9. The van der Waals surface area contributed by atoms with Crippen molar-refractivity contribution in [3.63, 3.8) is 0 Å². The van der Waals surface area contributed by atoms with Crippen molar-refractivity contribution in [3.8, 4) is 0 Å². The second-order valence-electron chi connectivity index (χ2n) is 9.44. The van der Waals surface area contributed by atoms with Crippen molar-refractivity contribution in [1.82, 2.24) is 10.2 Å². The third-order valence-corrected chi connectivity index (χ3v) is 6.29. The Balaban J connectivity index is 2.43. The number of Topliss-reactive ketones (excluding diaryl/α,β-unsaturated/α-hetero) is 1. The molecule has 0 aliphatic heterocycles. The molecule has 2 aromatic rings. The van der Waals surface area contributed by atoms with Gasteiger partial charge in [0, 0.05) is 17.6 Å². The Morgan fingerprint density at radius 3 is 2.17 bits per heavy atom. The summed E-state index contributed by atoms with van der Waals surface area (Å²) in [5.41, 5.74) is 0.466. The lowest BCUT2D eigenvalue weighted by Gasteiger charge is -2.33. The van der Waals surface area contributed by atoms with E-state index in [2.05, 4.69) is 5.32 Å². The molecule has 0 unspecified atom stereocenters. The molecule has 8 nitrogen and oxygen atoms in total. The van der Waals surface area contributed by atoms with Crippen molar-refractivity contribution in [2.24, 2.45) is 0 Å². The highest BCUT2D eigenvalue weighted by Crippen LogP contribution is 2.21. The van der Waals surface area contributed by atoms with E-state index < -0.39 is 45.8 Å². The van der Waals surface area contributed by atoms with E-state index in [0.717, 1.165) is 10.6 Å². The highest BCUT2D eigenvalue weighted by molar-refractivity contribution is 7.92. The summed E-state index contributed by atoms with van der Waals surface area (Å²) in [6.07, 6.45) is 0.959. The summed E-state index contributed by atoms with van der Waals surface area (Å²) in [5, 5.41) is 2.82. The Morgan fingerprint density at radius 2 is 1.66 bits per heavy atom. The van der Waals surface area contributed by atoms with Gasteiger partial charge in [-0.15, -0.1) is 0 Å². The van der Waals surface area contributed by atoms with Gasteiger partial charge in [0.25, 0.3) is 0 Å². The van der Waals surface area contributed by atoms with Crippen LogP contribution in [0.4, 0.5) is 10.1 Å². The van der Waals surface area contributed by atoms with Gasteiger partial charge in [-0.2, -0.15) is 0 Å². The van der Waals surface area contributed by atoms with Gasteiger partial charge in [0.15, 0.2) is 5.78 Å². The fourth-order valence-corrected chi connectivity index (χ4v) is 4.18. The number of amides is 2. The predicted molar refractivity (Wildman–Crippen MR) is 133 cm³/mol. The zero-order valence-corrected chi connectivity index (χ0v) is 21.6. The zero-order chi connectivity index (χ0) is 26.6. The Kier molecular flexibility index (Phi) is 8.78. The summed E-state index contributed by atoms with van der Waals surface area (Å²) in [4.78, 5) is 39.4. The fourth-order valence-electron chi connectivity index (χ4n) is 3.34. The number of carbonyl (C=O) groups excluding carboxylic acids is 3. The number of benzene rings is 2. The molecule has 0 bridgehead atoms. The molecule has 2 rings (SSSR count). The van der Waals surface area contributed by atoms with E-state index in [1.165, 1.54) is 54.3 Å². The van der Waals surface area contributed by atoms with Gasteiger partial charge in [-0.05, 0) is 64.4 Å². The lowest BCUT2D eigenvalue weighted by atomic mass is 10.1. The highest BCUT2D eigenvalue weighted by Gasteiger charge is 2.31. The summed E-state index contributed by atoms with van der Waals surface area (Å²) in [6, 6.07) is 10.5. The van der Waals surface area contributed by atoms with Crippen molar-refractivity contribution in [1.29, 1.82) is 0 Å². The third-order valence-electron chi connectivity index (χ3n) is 5.15. The van der Waals surface area contributed by atoms with Gasteiger partial charge < -0.3 is 10.2 Å². The van der Waals surface area contributed by atoms with Crippen LogP contribution < -0.4 is 9.62 Å². The van der Waals surface area contributed by atoms with Crippen molar-refractivity contribution in [3.05, 3.63) is 65.5 Å². The molecule has 0 radical (unpaired) electrons. The van der Waals surface area contributed by atoms with Crippen LogP contribution in [0.2, 0.25) is 0 Å². The van der Waals surface area contributed by atoms with Crippen molar-refractivity contribution in [2.75, 3.05) is 17.1 Å². The lowest BCUT2D eigenvalue weighted by Crippen LogP contribution is -2.54. The van der Waals surface area contributed by atoms with Crippen LogP contribution in [0.5, 0.6) is 0 Å². The van der Waals surface area contributed by atoms with Crippen molar-refractivity contribution in [2.45, 2.75) is 52.7 Å². The molecule has 0 fully saturated rings. The first kappa shape index (κ1) is 28.0. The number of anilines is 1. The van der Waals surface area contributed by atoms with E-state index >= 15 is 0 Å². The first-order valence-electron chi connectivity index (χ1n) is 11.0. The Labute approximate surface area is 206 Å². The van der Waals surface area contributed by atoms with Gasteiger partial charge in [-0.1, -0.05) is 24.3 Å². The highest BCUT2D eigenvalue weighted by atomic mass is 32.2. The predicted octanol–water partition coefficient (Wildman–Crippen LogP) is 3.13. The van der Waals surface area contributed by atoms with E-state index in [9.17, 15) is 27.2 Å². The van der Waals surface area contributed by atoms with E-state index in [1.54, 1.807) is 33.8 Å². The summed E-state index contributed by atoms with van der Waals surface area (Å²) < 4.78 is 39.5. The smallest absolute Gasteiger partial charge is 0.244 e. The molecular weight excluding hydrogens is 473 g/mol. The monoisotopic (exact) mass is 505 g/mol. The number of sulfonamides is 1. The molecule has 0 saturated heterocycles. The summed E-state index contributed by atoms with van der Waals surface area (Å²) in [5.74, 6) is -1.75. The van der Waals surface area contributed by atoms with Crippen LogP contribution in [0.3, 0.4) is 0 Å². The average molecular weight is 506 g/mol. The van der Waals surface area contributed by atoms with E-state index in [-0.39, 0.29) is 18.0 Å². The summed E-state index contributed by atoms with van der Waals surface area (Å²) in [6.45, 7) is 7.68. The molecule has 0 aliphatic rings. The molecule has 190 valence electrons. The van der Waals surface area contributed by atoms with Crippen molar-refractivity contribution < 1.29 is 27.2 Å². The van der Waals surface area contributed by atoms with Crippen LogP contribution in [0.1, 0.15) is 50.5 Å². The quantitative estimate of drug-likeness (QED) is 0.528. The number of rotatable bonds is 9. The molecule has 0 saturated carbocycles. The number of nitrogens with one attached hydrogen (secondary N) is 1. The number of carbonyl (C=O) groups is 3. The number of halogens is 1. The average Bonchev–Trinajstić information content (AvgIpc) is 2.74. The topological polar surface area (TPSA) is 104 Å². The molecular formula is C25H32FN3O5S. The number of hydrogen-bond acceptors (Lipinski definition) is 5. The molecule has 0 aromatic heterocycles. The Bertz CT molecular complexity index is 1190. The molecule has 1 N–H and O–H groups in total. The van der Waals surface area contributed by atoms with Gasteiger partial charge in [0.05, 0.1) is 11.9 Å². The molecule has 2 aromatic carbocycles. The van der Waals surface area contributed by atoms with Crippen LogP contribution in [0.15, 0.2) is 48.5 Å². The number of hydrogen-bond donors (Lipinski definition) is 1. The normalized spacial score (nSPS) is 12.5. The minimum atomic E-state index is -3.92. The number of nitrogens with zero attached hydrogens (tertiary/aromatic N) is 2. The van der Waals surface area contributed by atoms with Crippen molar-refractivity contribution >= 4 is 33.3 Å². The minimum Gasteiger partial charge on any atom is -0.350 e. The standard InChI is InChI=1S/C25H32FN3O5S/c1-17(24(32)27-25(3,4)5)28(15-19-10-12-21(26)13-11-19)23(31)16-29(35(6,33)34)22-9-7-8-20(14-22)18(2)30/h7-14,17H,15-16H2,1-6H3,(H,27,32)/t17-/m1/s1. The second-order valence-corrected chi connectivity index (χ2v) is 11.3. The Hall–Kier alpha value is -3.27. The molecule has 10 heteroatoms. The minimum absolute atomic E-state index is 0.0388. The van der Waals surface area contributed by atoms with Crippen LogP contribution >= 0.6 is 0 Å². The maximum Gasteiger partial charge on any atom is 0.244 e. The first-order chi connectivity index (χ1) is 16.1. The SMILES string of the molecule is CC(=O)c1cccc(N(CC(=O)N(Cc2ccc(F)cc2)[C@H](C)C(=O)NC(C)(C)C)S(C)(=O)=O)c1. The van der Waals surface area contributed by atoms with Gasteiger partial charge in [-0.25, -0.2) is 12.8 Å². The summed E-state index contributed by atoms with van der Waals surface area (Å²) in [7, 11) is -3.92. The summed E-state index contributed by atoms with van der Waals surface area (Å²) >= 11 is 0. The maximum atomic E-state index is 13.5. The molecule has 0 spiro atoms. The van der Waals surface area contributed by atoms with Crippen LogP contribution in [0.25, 0.3) is 0 Å². The van der Waals surface area contributed by atoms with Gasteiger partial charge >= 0.3 is 0 Å². The number of ketones is 1. The van der Waals surface area contributed by atoms with E-state index in [4.69, 9.17) is 0 Å². The van der Waals surface area contributed by atoms with Gasteiger partial charge in [0.2, 0.25) is 21.8 Å². The van der Waals surface area contributed by atoms with Crippen LogP contribution in [-0.2, 0) is 26.2 Å². The molecule has 0 heterocycles. The maximum absolute atomic E-state index is 13.5.